The molecule has 0 aliphatic rings. The third kappa shape index (κ3) is 3.46. The van der Waals surface area contributed by atoms with E-state index < -0.39 is 4.92 Å². The van der Waals surface area contributed by atoms with Gasteiger partial charge in [-0.15, -0.1) is 16.4 Å². The normalized spacial score (nSPS) is 11.4. The quantitative estimate of drug-likeness (QED) is 0.285. The molecule has 0 amide bonds. The zero-order valence-electron chi connectivity index (χ0n) is 14.1. The van der Waals surface area contributed by atoms with Crippen LogP contribution in [0.15, 0.2) is 22.3 Å². The molecule has 1 aromatic carbocycles. The van der Waals surface area contributed by atoms with Crippen LogP contribution in [0.3, 0.4) is 0 Å². The topological polar surface area (TPSA) is 137 Å². The first-order chi connectivity index (χ1) is 12.7. The largest absolute Gasteiger partial charge is 0.369 e. The molecule has 0 unspecified atom stereocenters. The zero-order chi connectivity index (χ0) is 19.9. The average Bonchev–Trinajstić information content (AvgIpc) is 3.04. The maximum atomic E-state index is 11.3. The minimum atomic E-state index is -0.580. The number of aryl methyl sites for hydroxylation is 2. The molecule has 2 heterocycles. The van der Waals surface area contributed by atoms with Gasteiger partial charge in [0.2, 0.25) is 5.96 Å². The zero-order valence-corrected chi connectivity index (χ0v) is 16.4. The highest BCUT2D eigenvalue weighted by atomic mass is 35.5. The van der Waals surface area contributed by atoms with E-state index >= 15 is 0 Å². The Balaban J connectivity index is 2.32. The van der Waals surface area contributed by atoms with E-state index in [2.05, 4.69) is 15.2 Å². The number of nitro benzene ring substituents is 1. The van der Waals surface area contributed by atoms with Crippen molar-refractivity contribution in [1.29, 1.82) is 0 Å². The smallest absolute Gasteiger partial charge is 0.288 e. The molecular formula is C15H13Cl2N7O2S. The summed E-state index contributed by atoms with van der Waals surface area (Å²) in [5, 5.41) is 18.9. The van der Waals surface area contributed by atoms with Gasteiger partial charge in [-0.2, -0.15) is 5.10 Å². The van der Waals surface area contributed by atoms with Crippen LogP contribution < -0.4 is 11.5 Å². The fraction of sp³-hybridized carbons (Fsp3) is 0.133. The van der Waals surface area contributed by atoms with Crippen LogP contribution in [-0.2, 0) is 0 Å². The number of hydrogen-bond acceptors (Lipinski definition) is 6. The van der Waals surface area contributed by atoms with Gasteiger partial charge in [0.05, 0.1) is 21.9 Å². The summed E-state index contributed by atoms with van der Waals surface area (Å²) in [4.78, 5) is 17.0. The fourth-order valence-electron chi connectivity index (χ4n) is 2.50. The van der Waals surface area contributed by atoms with E-state index in [1.165, 1.54) is 29.7 Å². The first kappa shape index (κ1) is 19.1. The number of benzene rings is 1. The van der Waals surface area contributed by atoms with Crippen LogP contribution in [0.5, 0.6) is 0 Å². The second-order valence-corrected chi connectivity index (χ2v) is 7.51. The van der Waals surface area contributed by atoms with Crippen LogP contribution in [0.1, 0.15) is 16.3 Å². The van der Waals surface area contributed by atoms with E-state index in [1.54, 1.807) is 0 Å². The first-order valence-electron chi connectivity index (χ1n) is 7.45. The van der Waals surface area contributed by atoms with Crippen molar-refractivity contribution in [2.75, 3.05) is 0 Å². The molecule has 0 aliphatic carbocycles. The van der Waals surface area contributed by atoms with Gasteiger partial charge in [-0.1, -0.05) is 23.2 Å². The molecule has 0 atom stereocenters. The molecule has 0 saturated heterocycles. The highest BCUT2D eigenvalue weighted by Gasteiger charge is 2.23. The van der Waals surface area contributed by atoms with Crippen molar-refractivity contribution in [3.63, 3.8) is 0 Å². The highest BCUT2D eigenvalue weighted by Crippen LogP contribution is 2.38. The van der Waals surface area contributed by atoms with Crippen LogP contribution in [0.2, 0.25) is 10.0 Å². The molecular weight excluding hydrogens is 413 g/mol. The van der Waals surface area contributed by atoms with Crippen LogP contribution in [-0.4, -0.2) is 26.5 Å². The summed E-state index contributed by atoms with van der Waals surface area (Å²) in [5.74, 6) is -0.202. The van der Waals surface area contributed by atoms with Crippen molar-refractivity contribution in [2.24, 2.45) is 21.7 Å². The maximum Gasteiger partial charge on any atom is 0.288 e. The standard InChI is InChI=1S/C15H13Cl2N7O2S/c1-6-7(2)27-15-21-13(12(23(6)15)5-20-22-14(18)19)8-3-11(24(25)26)10(17)4-9(8)16/h3-5H,1-2H3,(H4,18,19,22)/b20-5+. The van der Waals surface area contributed by atoms with Gasteiger partial charge in [0.1, 0.15) is 10.7 Å². The number of nitrogens with zero attached hydrogens (tertiary/aromatic N) is 5. The van der Waals surface area contributed by atoms with E-state index in [1.807, 2.05) is 18.2 Å². The molecule has 3 aromatic rings. The van der Waals surface area contributed by atoms with Gasteiger partial charge in [-0.25, -0.2) is 4.98 Å². The molecule has 4 N–H and O–H groups in total. The number of thiazole rings is 1. The van der Waals surface area contributed by atoms with Crippen molar-refractivity contribution < 1.29 is 4.92 Å². The Morgan fingerprint density at radius 3 is 2.67 bits per heavy atom. The predicted octanol–water partition coefficient (Wildman–Crippen LogP) is 3.50. The Morgan fingerprint density at radius 1 is 1.33 bits per heavy atom. The predicted molar refractivity (Wildman–Crippen MR) is 108 cm³/mol. The Labute approximate surface area is 167 Å². The van der Waals surface area contributed by atoms with Crippen molar-refractivity contribution in [2.45, 2.75) is 13.8 Å². The monoisotopic (exact) mass is 425 g/mol. The summed E-state index contributed by atoms with van der Waals surface area (Å²) in [6.45, 7) is 3.89. The van der Waals surface area contributed by atoms with Crippen LogP contribution in [0.25, 0.3) is 16.2 Å². The number of hydrogen-bond donors (Lipinski definition) is 2. The summed E-state index contributed by atoms with van der Waals surface area (Å²) in [6, 6.07) is 2.61. The Hall–Kier alpha value is -2.69. The third-order valence-electron chi connectivity index (χ3n) is 3.81. The minimum absolute atomic E-state index is 0.0579. The van der Waals surface area contributed by atoms with Crippen molar-refractivity contribution in [3.8, 4) is 11.3 Å². The lowest BCUT2D eigenvalue weighted by Gasteiger charge is -2.05. The molecule has 140 valence electrons. The lowest BCUT2D eigenvalue weighted by molar-refractivity contribution is -0.384. The summed E-state index contributed by atoms with van der Waals surface area (Å²) >= 11 is 13.7. The van der Waals surface area contributed by atoms with E-state index in [0.29, 0.717) is 21.9 Å². The van der Waals surface area contributed by atoms with E-state index in [9.17, 15) is 10.1 Å². The Bertz CT molecular complexity index is 1130. The molecule has 12 heteroatoms. The molecule has 0 aliphatic heterocycles. The summed E-state index contributed by atoms with van der Waals surface area (Å²) < 4.78 is 1.86. The summed E-state index contributed by atoms with van der Waals surface area (Å²) in [6.07, 6.45) is 1.42. The van der Waals surface area contributed by atoms with Crippen molar-refractivity contribution in [3.05, 3.63) is 48.6 Å². The molecule has 0 bridgehead atoms. The van der Waals surface area contributed by atoms with Gasteiger partial charge in [0.25, 0.3) is 5.69 Å². The molecule has 0 radical (unpaired) electrons. The molecule has 0 saturated carbocycles. The molecule has 2 aromatic heterocycles. The number of guanidine groups is 1. The van der Waals surface area contributed by atoms with Crippen LogP contribution >= 0.6 is 34.5 Å². The van der Waals surface area contributed by atoms with Gasteiger partial charge in [-0.3, -0.25) is 14.5 Å². The van der Waals surface area contributed by atoms with Gasteiger partial charge < -0.3 is 11.5 Å². The number of rotatable bonds is 4. The highest BCUT2D eigenvalue weighted by molar-refractivity contribution is 7.17. The third-order valence-corrected chi connectivity index (χ3v) is 5.49. The number of imidazole rings is 1. The molecule has 3 rings (SSSR count). The average molecular weight is 426 g/mol. The Morgan fingerprint density at radius 2 is 2.04 bits per heavy atom. The Kier molecular flexibility index (Phi) is 5.05. The lowest BCUT2D eigenvalue weighted by Crippen LogP contribution is -2.21. The van der Waals surface area contributed by atoms with Gasteiger partial charge >= 0.3 is 0 Å². The number of aromatic nitrogens is 2. The van der Waals surface area contributed by atoms with E-state index in [0.717, 1.165) is 10.6 Å². The van der Waals surface area contributed by atoms with Crippen LogP contribution in [0, 0.1) is 24.0 Å². The van der Waals surface area contributed by atoms with Gasteiger partial charge in [0.15, 0.2) is 4.96 Å². The fourth-order valence-corrected chi connectivity index (χ4v) is 4.02. The summed E-state index contributed by atoms with van der Waals surface area (Å²) in [7, 11) is 0. The van der Waals surface area contributed by atoms with Crippen molar-refractivity contribution >= 4 is 57.4 Å². The molecule has 9 nitrogen and oxygen atoms in total. The maximum absolute atomic E-state index is 11.3. The minimum Gasteiger partial charge on any atom is -0.369 e. The van der Waals surface area contributed by atoms with E-state index in [-0.39, 0.29) is 21.7 Å². The second-order valence-electron chi connectivity index (χ2n) is 5.52. The number of nitrogens with two attached hydrogens (primary N) is 2. The second kappa shape index (κ2) is 7.14. The number of fused-ring (bicyclic) bond motifs is 1. The van der Waals surface area contributed by atoms with Gasteiger partial charge in [-0.05, 0) is 19.9 Å². The van der Waals surface area contributed by atoms with Gasteiger partial charge in [0, 0.05) is 22.2 Å². The summed E-state index contributed by atoms with van der Waals surface area (Å²) in [5.41, 5.74) is 12.6. The SMILES string of the molecule is Cc1sc2nc(-c3cc([N+](=O)[O-])c(Cl)cc3Cl)c(/C=N/N=C(N)N)n2c1C. The van der Waals surface area contributed by atoms with Crippen molar-refractivity contribution in [1.82, 2.24) is 9.38 Å². The number of halogens is 2. The first-order valence-corrected chi connectivity index (χ1v) is 9.02. The molecule has 0 spiro atoms. The number of nitro groups is 1. The van der Waals surface area contributed by atoms with E-state index in [4.69, 9.17) is 34.7 Å². The molecule has 0 fully saturated rings. The van der Waals surface area contributed by atoms with Crippen LogP contribution in [0.4, 0.5) is 5.69 Å². The molecule has 27 heavy (non-hydrogen) atoms. The lowest BCUT2D eigenvalue weighted by atomic mass is 10.1.